The summed E-state index contributed by atoms with van der Waals surface area (Å²) in [5.41, 5.74) is 15.7. The normalized spacial score (nSPS) is 38.9. The van der Waals surface area contributed by atoms with E-state index in [1.54, 1.807) is 6.42 Å². The van der Waals surface area contributed by atoms with Crippen molar-refractivity contribution in [2.45, 2.75) is 118 Å². The highest BCUT2D eigenvalue weighted by Crippen LogP contribution is 2.68. The Hall–Kier alpha value is -1.22. The number of hydrogen-bond donors (Lipinski definition) is 2. The summed E-state index contributed by atoms with van der Waals surface area (Å²) in [5.74, 6) is 6.50. The van der Waals surface area contributed by atoms with Crippen LogP contribution in [0.25, 0.3) is 0 Å². The van der Waals surface area contributed by atoms with Crippen molar-refractivity contribution in [1.82, 2.24) is 0 Å². The maximum absolute atomic E-state index is 6.08. The van der Waals surface area contributed by atoms with Crippen molar-refractivity contribution < 1.29 is 4.74 Å². The molecule has 0 radical (unpaired) electrons. The van der Waals surface area contributed by atoms with Gasteiger partial charge in [-0.3, -0.25) is 0 Å². The zero-order chi connectivity index (χ0) is 26.2. The standard InChI is InChI=1S/C34H56N2O/c1-23(21-37-22-25-11-13-27(35)20-32(25)36)8-7-9-24(2)29-15-16-30-28-14-12-26-10-5-6-18-33(26,3)31(28)17-19-34(29,30)4/h11,13,20,23-24,26,28-31H,5-10,12,14-19,21-22,35-36H2,1-4H3/t23?,24-,26?,28+,29-,30+,31+,33+,34-/m1/s1. The maximum atomic E-state index is 6.08. The summed E-state index contributed by atoms with van der Waals surface area (Å²) in [7, 11) is 0. The third kappa shape index (κ3) is 5.32. The van der Waals surface area contributed by atoms with E-state index in [0.717, 1.165) is 53.4 Å². The number of hydrogen-bond acceptors (Lipinski definition) is 3. The summed E-state index contributed by atoms with van der Waals surface area (Å²) in [6, 6.07) is 5.72. The summed E-state index contributed by atoms with van der Waals surface area (Å²) in [6.07, 6.45) is 19.2. The maximum Gasteiger partial charge on any atom is 0.0737 e. The fraction of sp³-hybridized carbons (Fsp3) is 0.824. The van der Waals surface area contributed by atoms with Crippen LogP contribution in [0.1, 0.15) is 117 Å². The molecule has 5 rings (SSSR count). The smallest absolute Gasteiger partial charge is 0.0737 e. The van der Waals surface area contributed by atoms with Gasteiger partial charge < -0.3 is 16.2 Å². The Morgan fingerprint density at radius 2 is 1.70 bits per heavy atom. The van der Waals surface area contributed by atoms with Gasteiger partial charge in [0.25, 0.3) is 0 Å². The molecule has 208 valence electrons. The highest BCUT2D eigenvalue weighted by molar-refractivity contribution is 5.56. The zero-order valence-corrected chi connectivity index (χ0v) is 24.4. The Morgan fingerprint density at radius 3 is 2.51 bits per heavy atom. The predicted molar refractivity (Wildman–Crippen MR) is 157 cm³/mol. The van der Waals surface area contributed by atoms with Gasteiger partial charge in [-0.1, -0.05) is 59.4 Å². The molecule has 9 atom stereocenters. The summed E-state index contributed by atoms with van der Waals surface area (Å²) < 4.78 is 6.02. The second-order valence-corrected chi connectivity index (χ2v) is 14.6. The monoisotopic (exact) mass is 508 g/mol. The topological polar surface area (TPSA) is 61.3 Å². The Kier molecular flexibility index (Phi) is 8.21. The Morgan fingerprint density at radius 1 is 0.892 bits per heavy atom. The number of ether oxygens (including phenoxy) is 1. The number of fused-ring (bicyclic) bond motifs is 5. The molecule has 0 spiro atoms. The minimum Gasteiger partial charge on any atom is -0.399 e. The van der Waals surface area contributed by atoms with E-state index in [-0.39, 0.29) is 0 Å². The Balaban J connectivity index is 1.09. The van der Waals surface area contributed by atoms with Crippen LogP contribution in [0.4, 0.5) is 11.4 Å². The molecule has 4 fully saturated rings. The average molecular weight is 509 g/mol. The molecule has 0 heterocycles. The molecule has 2 unspecified atom stereocenters. The van der Waals surface area contributed by atoms with E-state index in [2.05, 4.69) is 27.7 Å². The van der Waals surface area contributed by atoms with Crippen LogP contribution in [0, 0.1) is 52.3 Å². The zero-order valence-electron chi connectivity index (χ0n) is 24.4. The molecule has 4 aliphatic carbocycles. The highest BCUT2D eigenvalue weighted by atomic mass is 16.5. The van der Waals surface area contributed by atoms with Gasteiger partial charge in [-0.15, -0.1) is 0 Å². The Labute approximate surface area is 227 Å². The summed E-state index contributed by atoms with van der Waals surface area (Å²) in [5, 5.41) is 0. The lowest BCUT2D eigenvalue weighted by molar-refractivity contribution is -0.114. The number of nitrogen functional groups attached to an aromatic ring is 2. The molecule has 4 saturated carbocycles. The predicted octanol–water partition coefficient (Wildman–Crippen LogP) is 8.86. The number of nitrogens with two attached hydrogens (primary N) is 2. The van der Waals surface area contributed by atoms with Gasteiger partial charge in [0.05, 0.1) is 6.61 Å². The first kappa shape index (κ1) is 27.4. The molecule has 37 heavy (non-hydrogen) atoms. The van der Waals surface area contributed by atoms with Crippen LogP contribution < -0.4 is 11.5 Å². The number of benzene rings is 1. The van der Waals surface area contributed by atoms with E-state index in [0.29, 0.717) is 29.0 Å². The lowest BCUT2D eigenvalue weighted by atomic mass is 9.44. The largest absolute Gasteiger partial charge is 0.399 e. The molecule has 0 amide bonds. The molecule has 0 aromatic heterocycles. The van der Waals surface area contributed by atoms with Gasteiger partial charge >= 0.3 is 0 Å². The first-order valence-electron chi connectivity index (χ1n) is 15.9. The van der Waals surface area contributed by atoms with Crippen molar-refractivity contribution in [3.63, 3.8) is 0 Å². The average Bonchev–Trinajstić information content (AvgIpc) is 3.22. The van der Waals surface area contributed by atoms with E-state index >= 15 is 0 Å². The minimum atomic E-state index is 0.580. The van der Waals surface area contributed by atoms with E-state index < -0.39 is 0 Å². The molecule has 4 N–H and O–H groups in total. The van der Waals surface area contributed by atoms with Crippen LogP contribution in [0.15, 0.2) is 18.2 Å². The van der Waals surface area contributed by atoms with E-state index in [1.807, 2.05) is 18.2 Å². The van der Waals surface area contributed by atoms with Crippen LogP contribution in [-0.2, 0) is 11.3 Å². The molecule has 0 saturated heterocycles. The minimum absolute atomic E-state index is 0.580. The first-order chi connectivity index (χ1) is 17.7. The van der Waals surface area contributed by atoms with Crippen LogP contribution in [-0.4, -0.2) is 6.61 Å². The fourth-order valence-electron chi connectivity index (χ4n) is 10.5. The molecular weight excluding hydrogens is 452 g/mol. The van der Waals surface area contributed by atoms with Crippen molar-refractivity contribution in [3.05, 3.63) is 23.8 Å². The van der Waals surface area contributed by atoms with Crippen LogP contribution in [0.5, 0.6) is 0 Å². The quantitative estimate of drug-likeness (QED) is 0.327. The highest BCUT2D eigenvalue weighted by Gasteiger charge is 2.60. The van der Waals surface area contributed by atoms with Crippen molar-refractivity contribution in [2.75, 3.05) is 18.1 Å². The van der Waals surface area contributed by atoms with E-state index in [9.17, 15) is 0 Å². The molecule has 1 aromatic carbocycles. The fourth-order valence-corrected chi connectivity index (χ4v) is 10.5. The van der Waals surface area contributed by atoms with E-state index in [1.165, 1.54) is 77.0 Å². The number of anilines is 2. The SMILES string of the molecule is CC(CCC[C@@H](C)[C@H]1CC[C@H]2[C@@H]3CCC4CCCC[C@]4(C)[C@H]3CC[C@]12C)COCc1ccc(N)cc1N. The van der Waals surface area contributed by atoms with Crippen LogP contribution in [0.2, 0.25) is 0 Å². The molecular formula is C34H56N2O. The van der Waals surface area contributed by atoms with Gasteiger partial charge in [-0.05, 0) is 122 Å². The second-order valence-electron chi connectivity index (χ2n) is 14.6. The number of rotatable bonds is 9. The molecule has 4 aliphatic rings. The third-order valence-electron chi connectivity index (χ3n) is 12.5. The molecule has 0 aliphatic heterocycles. The first-order valence-corrected chi connectivity index (χ1v) is 15.9. The molecule has 0 bridgehead atoms. The van der Waals surface area contributed by atoms with Crippen molar-refractivity contribution >= 4 is 11.4 Å². The van der Waals surface area contributed by atoms with Gasteiger partial charge in [-0.25, -0.2) is 0 Å². The summed E-state index contributed by atoms with van der Waals surface area (Å²) in [6.45, 7) is 11.8. The van der Waals surface area contributed by atoms with Crippen molar-refractivity contribution in [3.8, 4) is 0 Å². The summed E-state index contributed by atoms with van der Waals surface area (Å²) in [4.78, 5) is 0. The van der Waals surface area contributed by atoms with Crippen LogP contribution >= 0.6 is 0 Å². The van der Waals surface area contributed by atoms with Crippen molar-refractivity contribution in [1.29, 1.82) is 0 Å². The lowest BCUT2D eigenvalue weighted by Gasteiger charge is -2.61. The Bertz CT molecular complexity index is 915. The van der Waals surface area contributed by atoms with Gasteiger partial charge in [0, 0.05) is 23.5 Å². The van der Waals surface area contributed by atoms with Gasteiger partial charge in [0.15, 0.2) is 0 Å². The van der Waals surface area contributed by atoms with Crippen LogP contribution in [0.3, 0.4) is 0 Å². The molecule has 3 nitrogen and oxygen atoms in total. The third-order valence-corrected chi connectivity index (χ3v) is 12.5. The van der Waals surface area contributed by atoms with Gasteiger partial charge in [-0.2, -0.15) is 0 Å². The summed E-state index contributed by atoms with van der Waals surface area (Å²) >= 11 is 0. The second kappa shape index (κ2) is 11.1. The van der Waals surface area contributed by atoms with Gasteiger partial charge in [0.2, 0.25) is 0 Å². The molecule has 3 heteroatoms. The van der Waals surface area contributed by atoms with Crippen molar-refractivity contribution in [2.24, 2.45) is 52.3 Å². The van der Waals surface area contributed by atoms with Gasteiger partial charge in [0.1, 0.15) is 0 Å². The van der Waals surface area contributed by atoms with E-state index in [4.69, 9.17) is 16.2 Å². The lowest BCUT2D eigenvalue weighted by Crippen LogP contribution is -2.53. The molecule has 1 aromatic rings.